The van der Waals surface area contributed by atoms with Crippen molar-refractivity contribution in [1.29, 1.82) is 0 Å². The number of ether oxygens (including phenoxy) is 3. The van der Waals surface area contributed by atoms with Crippen LogP contribution < -0.4 is 19.9 Å². The second-order valence-electron chi connectivity index (χ2n) is 4.95. The van der Waals surface area contributed by atoms with Gasteiger partial charge in [-0.25, -0.2) is 0 Å². The fourth-order valence-corrected chi connectivity index (χ4v) is 1.84. The van der Waals surface area contributed by atoms with Crippen molar-refractivity contribution in [2.75, 3.05) is 20.8 Å². The minimum atomic E-state index is 0.131. The molecule has 0 bridgehead atoms. The number of nitrogens with two attached hydrogens (primary N) is 1. The number of methoxy groups -OCH3 is 2. The average Bonchev–Trinajstić information content (AvgIpc) is 2.44. The standard InChI is InChI=1S/C16H25NO3/c1-6-13(17)7-12-8-14(18-4)16(15(9-12)19-5)20-10-11(2)3/h8-9,13H,2,6-7,10,17H2,1,3-5H3. The lowest BCUT2D eigenvalue weighted by atomic mass is 10.0. The molecule has 0 aliphatic heterocycles. The molecule has 0 spiro atoms. The molecule has 0 amide bonds. The van der Waals surface area contributed by atoms with Crippen LogP contribution in [0.2, 0.25) is 0 Å². The highest BCUT2D eigenvalue weighted by Gasteiger charge is 2.15. The van der Waals surface area contributed by atoms with Crippen LogP contribution in [0.5, 0.6) is 17.2 Å². The molecule has 0 fully saturated rings. The Hall–Kier alpha value is -1.68. The molecule has 1 rings (SSSR count). The van der Waals surface area contributed by atoms with Crippen molar-refractivity contribution < 1.29 is 14.2 Å². The maximum atomic E-state index is 6.00. The minimum absolute atomic E-state index is 0.131. The first kappa shape index (κ1) is 16.4. The zero-order valence-corrected chi connectivity index (χ0v) is 12.9. The first-order chi connectivity index (χ1) is 9.51. The SMILES string of the molecule is C=C(C)COc1c(OC)cc(CC(N)CC)cc1OC. The highest BCUT2D eigenvalue weighted by atomic mass is 16.5. The summed E-state index contributed by atoms with van der Waals surface area (Å²) in [5.74, 6) is 1.92. The molecule has 112 valence electrons. The molecule has 1 unspecified atom stereocenters. The predicted molar refractivity (Wildman–Crippen MR) is 81.8 cm³/mol. The Morgan fingerprint density at radius 2 is 1.80 bits per heavy atom. The maximum Gasteiger partial charge on any atom is 0.203 e. The normalized spacial score (nSPS) is 11.8. The van der Waals surface area contributed by atoms with E-state index in [9.17, 15) is 0 Å². The van der Waals surface area contributed by atoms with Crippen LogP contribution in [0.3, 0.4) is 0 Å². The summed E-state index contributed by atoms with van der Waals surface area (Å²) in [6, 6.07) is 4.03. The molecule has 0 aliphatic carbocycles. The molecule has 0 saturated carbocycles. The van der Waals surface area contributed by atoms with Gasteiger partial charge in [0.15, 0.2) is 11.5 Å². The first-order valence-electron chi connectivity index (χ1n) is 6.79. The van der Waals surface area contributed by atoms with Crippen LogP contribution in [0.25, 0.3) is 0 Å². The second-order valence-corrected chi connectivity index (χ2v) is 4.95. The van der Waals surface area contributed by atoms with Crippen LogP contribution in [-0.4, -0.2) is 26.9 Å². The monoisotopic (exact) mass is 279 g/mol. The topological polar surface area (TPSA) is 53.7 Å². The van der Waals surface area contributed by atoms with Gasteiger partial charge in [-0.15, -0.1) is 0 Å². The van der Waals surface area contributed by atoms with Crippen LogP contribution in [-0.2, 0) is 6.42 Å². The van der Waals surface area contributed by atoms with E-state index in [1.54, 1.807) is 14.2 Å². The van der Waals surface area contributed by atoms with Gasteiger partial charge in [-0.1, -0.05) is 13.5 Å². The molecular weight excluding hydrogens is 254 g/mol. The average molecular weight is 279 g/mol. The van der Waals surface area contributed by atoms with E-state index in [1.165, 1.54) is 0 Å². The third kappa shape index (κ3) is 4.46. The molecule has 20 heavy (non-hydrogen) atoms. The van der Waals surface area contributed by atoms with E-state index in [-0.39, 0.29) is 6.04 Å². The Kier molecular flexibility index (Phi) is 6.39. The molecule has 1 atom stereocenters. The fraction of sp³-hybridized carbons (Fsp3) is 0.500. The van der Waals surface area contributed by atoms with Gasteiger partial charge in [0.2, 0.25) is 5.75 Å². The van der Waals surface area contributed by atoms with E-state index in [1.807, 2.05) is 19.1 Å². The largest absolute Gasteiger partial charge is 0.493 e. The van der Waals surface area contributed by atoms with Crippen LogP contribution in [0.15, 0.2) is 24.3 Å². The molecular formula is C16H25NO3. The molecule has 4 nitrogen and oxygen atoms in total. The van der Waals surface area contributed by atoms with Crippen molar-refractivity contribution in [3.8, 4) is 17.2 Å². The summed E-state index contributed by atoms with van der Waals surface area (Å²) >= 11 is 0. The van der Waals surface area contributed by atoms with Gasteiger partial charge in [-0.2, -0.15) is 0 Å². The van der Waals surface area contributed by atoms with Crippen molar-refractivity contribution in [1.82, 2.24) is 0 Å². The highest BCUT2D eigenvalue weighted by molar-refractivity contribution is 5.54. The zero-order chi connectivity index (χ0) is 15.1. The van der Waals surface area contributed by atoms with E-state index in [0.717, 1.165) is 24.0 Å². The van der Waals surface area contributed by atoms with E-state index < -0.39 is 0 Å². The number of rotatable bonds is 8. The van der Waals surface area contributed by atoms with Crippen molar-refractivity contribution in [3.05, 3.63) is 29.8 Å². The van der Waals surface area contributed by atoms with Crippen molar-refractivity contribution in [3.63, 3.8) is 0 Å². The number of benzene rings is 1. The van der Waals surface area contributed by atoms with E-state index in [4.69, 9.17) is 19.9 Å². The maximum absolute atomic E-state index is 6.00. The second kappa shape index (κ2) is 7.80. The molecule has 0 saturated heterocycles. The Labute approximate surface area is 121 Å². The Morgan fingerprint density at radius 1 is 1.25 bits per heavy atom. The van der Waals surface area contributed by atoms with Crippen LogP contribution in [0, 0.1) is 0 Å². The Bertz CT molecular complexity index is 432. The molecule has 0 aliphatic rings. The molecule has 0 aromatic heterocycles. The summed E-state index contributed by atoms with van der Waals surface area (Å²) in [5, 5.41) is 0. The van der Waals surface area contributed by atoms with Crippen molar-refractivity contribution >= 4 is 0 Å². The summed E-state index contributed by atoms with van der Waals surface area (Å²) in [6.45, 7) is 8.24. The summed E-state index contributed by atoms with van der Waals surface area (Å²) in [7, 11) is 3.23. The third-order valence-electron chi connectivity index (χ3n) is 3.01. The molecule has 0 radical (unpaired) electrons. The summed E-state index contributed by atoms with van der Waals surface area (Å²) in [4.78, 5) is 0. The van der Waals surface area contributed by atoms with Gasteiger partial charge in [0.1, 0.15) is 6.61 Å². The first-order valence-corrected chi connectivity index (χ1v) is 6.79. The molecule has 1 aromatic rings. The predicted octanol–water partition coefficient (Wildman–Crippen LogP) is 2.94. The van der Waals surface area contributed by atoms with Gasteiger partial charge in [-0.3, -0.25) is 0 Å². The Balaban J connectivity index is 3.07. The smallest absolute Gasteiger partial charge is 0.203 e. The lowest BCUT2D eigenvalue weighted by molar-refractivity contribution is 0.295. The third-order valence-corrected chi connectivity index (χ3v) is 3.01. The van der Waals surface area contributed by atoms with E-state index in [2.05, 4.69) is 13.5 Å². The quantitative estimate of drug-likeness (QED) is 0.743. The lowest BCUT2D eigenvalue weighted by Gasteiger charge is -2.17. The van der Waals surface area contributed by atoms with Gasteiger partial charge in [0.25, 0.3) is 0 Å². The summed E-state index contributed by atoms with van der Waals surface area (Å²) in [5.41, 5.74) is 8.02. The minimum Gasteiger partial charge on any atom is -0.493 e. The van der Waals surface area contributed by atoms with Gasteiger partial charge in [0.05, 0.1) is 14.2 Å². The molecule has 4 heteroatoms. The summed E-state index contributed by atoms with van der Waals surface area (Å²) < 4.78 is 16.5. The van der Waals surface area contributed by atoms with E-state index >= 15 is 0 Å². The fourth-order valence-electron chi connectivity index (χ4n) is 1.84. The van der Waals surface area contributed by atoms with Gasteiger partial charge < -0.3 is 19.9 Å². The molecule has 0 heterocycles. The van der Waals surface area contributed by atoms with Crippen LogP contribution in [0.1, 0.15) is 25.8 Å². The Morgan fingerprint density at radius 3 is 2.20 bits per heavy atom. The van der Waals surface area contributed by atoms with Crippen molar-refractivity contribution in [2.24, 2.45) is 5.73 Å². The van der Waals surface area contributed by atoms with Crippen LogP contribution >= 0.6 is 0 Å². The molecule has 1 aromatic carbocycles. The highest BCUT2D eigenvalue weighted by Crippen LogP contribution is 2.39. The van der Waals surface area contributed by atoms with Crippen molar-refractivity contribution in [2.45, 2.75) is 32.7 Å². The summed E-state index contributed by atoms with van der Waals surface area (Å²) in [6.07, 6.45) is 1.71. The number of hydrogen-bond acceptors (Lipinski definition) is 4. The molecule has 2 N–H and O–H groups in total. The number of hydrogen-bond donors (Lipinski definition) is 1. The zero-order valence-electron chi connectivity index (χ0n) is 12.9. The van der Waals surface area contributed by atoms with Crippen LogP contribution in [0.4, 0.5) is 0 Å². The van der Waals surface area contributed by atoms with Gasteiger partial charge >= 0.3 is 0 Å². The van der Waals surface area contributed by atoms with Gasteiger partial charge in [0, 0.05) is 6.04 Å². The van der Waals surface area contributed by atoms with E-state index in [0.29, 0.717) is 23.9 Å². The lowest BCUT2D eigenvalue weighted by Crippen LogP contribution is -2.21. The van der Waals surface area contributed by atoms with Gasteiger partial charge in [-0.05, 0) is 43.0 Å².